The molecule has 0 bridgehead atoms. The highest BCUT2D eigenvalue weighted by Gasteiger charge is 2.50. The fourth-order valence-corrected chi connectivity index (χ4v) is 12.7. The third-order valence-corrected chi connectivity index (χ3v) is 14.9. The van der Waals surface area contributed by atoms with Gasteiger partial charge in [-0.1, -0.05) is 172 Å². The topological polar surface area (TPSA) is 27.1 Å². The van der Waals surface area contributed by atoms with Gasteiger partial charge in [0.1, 0.15) is 5.54 Å². The van der Waals surface area contributed by atoms with Crippen molar-refractivity contribution in [3.63, 3.8) is 0 Å². The van der Waals surface area contributed by atoms with Crippen molar-refractivity contribution in [2.24, 2.45) is 0 Å². The normalized spacial score (nSPS) is 12.3. The van der Waals surface area contributed by atoms with Crippen LogP contribution in [0.5, 0.6) is 0 Å². The van der Waals surface area contributed by atoms with E-state index in [4.69, 9.17) is 9.41 Å². The minimum Gasteiger partial charge on any atom is -0.407 e. The zero-order chi connectivity index (χ0) is 32.2. The van der Waals surface area contributed by atoms with E-state index in [0.29, 0.717) is 13.0 Å². The fourth-order valence-electron chi connectivity index (χ4n) is 7.12. The van der Waals surface area contributed by atoms with Crippen LogP contribution in [0.2, 0.25) is 5.04 Å². The molecule has 0 unspecified atom stereocenters. The van der Waals surface area contributed by atoms with Crippen molar-refractivity contribution in [3.8, 4) is 0 Å². The van der Waals surface area contributed by atoms with Crippen molar-refractivity contribution in [2.75, 3.05) is 6.61 Å². The van der Waals surface area contributed by atoms with Crippen LogP contribution < -0.4 is 10.4 Å². The quantitative estimate of drug-likeness (QED) is 0.0801. The number of benzene rings is 5. The second-order valence-corrected chi connectivity index (χ2v) is 18.1. The van der Waals surface area contributed by atoms with Crippen LogP contribution in [-0.4, -0.2) is 24.5 Å². The predicted octanol–water partition coefficient (Wildman–Crippen LogP) is 8.76. The first-order valence-electron chi connectivity index (χ1n) is 16.0. The van der Waals surface area contributed by atoms with Crippen molar-refractivity contribution < 1.29 is 4.43 Å². The summed E-state index contributed by atoms with van der Waals surface area (Å²) in [5, 5.41) is 2.50. The van der Waals surface area contributed by atoms with Gasteiger partial charge in [-0.25, -0.2) is 4.98 Å². The molecule has 1 aromatic heterocycles. The lowest BCUT2D eigenvalue weighted by atomic mass is 9.76. The summed E-state index contributed by atoms with van der Waals surface area (Å²) in [6, 6.07) is 54.2. The first kappa shape index (κ1) is 32.2. The van der Waals surface area contributed by atoms with Crippen LogP contribution in [0.3, 0.4) is 0 Å². The van der Waals surface area contributed by atoms with Gasteiger partial charge in [0.15, 0.2) is 3.83 Å². The van der Waals surface area contributed by atoms with Crippen LogP contribution in [-0.2, 0) is 16.4 Å². The van der Waals surface area contributed by atoms with Gasteiger partial charge in [-0.2, -0.15) is 0 Å². The third-order valence-electron chi connectivity index (χ3n) is 9.15. The Morgan fingerprint density at radius 3 is 1.35 bits per heavy atom. The molecule has 0 aliphatic rings. The summed E-state index contributed by atoms with van der Waals surface area (Å²) in [6.45, 7) is 9.79. The zero-order valence-electron chi connectivity index (χ0n) is 27.0. The number of aromatic nitrogens is 2. The molecule has 0 aliphatic heterocycles. The molecular formula is C41H41IN2OSi. The highest BCUT2D eigenvalue weighted by molar-refractivity contribution is 14.1. The third kappa shape index (κ3) is 5.69. The van der Waals surface area contributed by atoms with Crippen LogP contribution in [0.15, 0.2) is 152 Å². The Kier molecular flexibility index (Phi) is 9.46. The average molecular weight is 733 g/mol. The highest BCUT2D eigenvalue weighted by atomic mass is 127. The van der Waals surface area contributed by atoms with Gasteiger partial charge < -0.3 is 8.99 Å². The van der Waals surface area contributed by atoms with E-state index in [9.17, 15) is 0 Å². The van der Waals surface area contributed by atoms with E-state index in [0.717, 1.165) is 15.2 Å². The molecule has 5 aromatic carbocycles. The van der Waals surface area contributed by atoms with Crippen molar-refractivity contribution in [1.82, 2.24) is 9.55 Å². The first-order chi connectivity index (χ1) is 22.3. The molecule has 0 N–H and O–H groups in total. The maximum Gasteiger partial charge on any atom is 0.261 e. The lowest BCUT2D eigenvalue weighted by molar-refractivity contribution is 0.300. The molecule has 0 saturated heterocycles. The molecule has 0 spiro atoms. The van der Waals surface area contributed by atoms with E-state index in [1.165, 1.54) is 27.1 Å². The smallest absolute Gasteiger partial charge is 0.261 e. The van der Waals surface area contributed by atoms with Crippen LogP contribution in [0.4, 0.5) is 0 Å². The van der Waals surface area contributed by atoms with Gasteiger partial charge in [0.25, 0.3) is 8.32 Å². The Labute approximate surface area is 288 Å². The van der Waals surface area contributed by atoms with Crippen LogP contribution in [0, 0.1) is 10.8 Å². The number of rotatable bonds is 10. The van der Waals surface area contributed by atoms with Crippen molar-refractivity contribution in [3.05, 3.63) is 184 Å². The summed E-state index contributed by atoms with van der Waals surface area (Å²) in [5.41, 5.74) is 5.19. The second-order valence-electron chi connectivity index (χ2n) is 12.8. The number of hydrogen-bond donors (Lipinski definition) is 0. The zero-order valence-corrected chi connectivity index (χ0v) is 30.2. The lowest BCUT2D eigenvalue weighted by Crippen LogP contribution is -2.66. The molecule has 6 aromatic rings. The fraction of sp³-hybridized carbons (Fsp3) is 0.195. The Bertz CT molecular complexity index is 1720. The van der Waals surface area contributed by atoms with Gasteiger partial charge in [-0.3, -0.25) is 0 Å². The Morgan fingerprint density at radius 1 is 0.609 bits per heavy atom. The summed E-state index contributed by atoms with van der Waals surface area (Å²) in [4.78, 5) is 5.26. The Hall–Kier alpha value is -3.78. The number of hydrogen-bond acceptors (Lipinski definition) is 2. The number of nitrogens with zero attached hydrogens (tertiary/aromatic N) is 2. The van der Waals surface area contributed by atoms with Crippen molar-refractivity contribution in [1.29, 1.82) is 0 Å². The van der Waals surface area contributed by atoms with E-state index < -0.39 is 13.9 Å². The van der Waals surface area contributed by atoms with Gasteiger partial charge in [-0.15, -0.1) is 0 Å². The van der Waals surface area contributed by atoms with E-state index in [2.05, 4.69) is 207 Å². The molecule has 0 aliphatic carbocycles. The molecule has 0 fully saturated rings. The second kappa shape index (κ2) is 13.5. The molecule has 46 heavy (non-hydrogen) atoms. The predicted molar refractivity (Wildman–Crippen MR) is 202 cm³/mol. The van der Waals surface area contributed by atoms with Crippen LogP contribution in [0.1, 0.15) is 48.8 Å². The van der Waals surface area contributed by atoms with Gasteiger partial charge in [0, 0.05) is 18.7 Å². The van der Waals surface area contributed by atoms with Crippen LogP contribution >= 0.6 is 22.6 Å². The maximum atomic E-state index is 7.30. The van der Waals surface area contributed by atoms with E-state index in [-0.39, 0.29) is 5.04 Å². The monoisotopic (exact) mass is 732 g/mol. The summed E-state index contributed by atoms with van der Waals surface area (Å²) in [6.07, 6.45) is 0.716. The van der Waals surface area contributed by atoms with Gasteiger partial charge in [-0.05, 0) is 61.6 Å². The van der Waals surface area contributed by atoms with Crippen LogP contribution in [0.25, 0.3) is 0 Å². The summed E-state index contributed by atoms with van der Waals surface area (Å²) < 4.78 is 10.7. The first-order valence-corrected chi connectivity index (χ1v) is 18.9. The molecule has 232 valence electrons. The van der Waals surface area contributed by atoms with E-state index in [1.54, 1.807) is 0 Å². The summed E-state index contributed by atoms with van der Waals surface area (Å²) >= 11 is 2.43. The molecule has 1 heterocycles. The summed E-state index contributed by atoms with van der Waals surface area (Å²) in [5.74, 6) is 0. The van der Waals surface area contributed by atoms with Gasteiger partial charge >= 0.3 is 0 Å². The molecule has 0 atom stereocenters. The summed E-state index contributed by atoms with van der Waals surface area (Å²) in [7, 11) is -2.66. The Morgan fingerprint density at radius 2 is 0.978 bits per heavy atom. The standard InChI is InChI=1S/C41H41IN2OSi/c1-32-38(30-31-45-46(40(2,3)4,36-26-16-8-17-27-36)37-28-18-9-19-29-37)43-39(42)44(32)41(33-20-10-5-11-21-33,34-22-12-6-13-23-34)35-24-14-7-15-25-35/h5-29H,30-31H2,1-4H3. The van der Waals surface area contributed by atoms with Gasteiger partial charge in [0.2, 0.25) is 0 Å². The minimum absolute atomic E-state index is 0.0817. The number of halogens is 1. The molecule has 3 nitrogen and oxygen atoms in total. The molecule has 6 rings (SSSR count). The lowest BCUT2D eigenvalue weighted by Gasteiger charge is -2.43. The minimum atomic E-state index is -2.66. The van der Waals surface area contributed by atoms with E-state index >= 15 is 0 Å². The molecule has 0 saturated carbocycles. The average Bonchev–Trinajstić information content (AvgIpc) is 3.37. The van der Waals surface area contributed by atoms with Gasteiger partial charge in [0.05, 0.1) is 5.69 Å². The van der Waals surface area contributed by atoms with Crippen molar-refractivity contribution >= 4 is 41.3 Å². The van der Waals surface area contributed by atoms with E-state index in [1.807, 2.05) is 0 Å². The SMILES string of the molecule is Cc1c(CCO[Si](c2ccccc2)(c2ccccc2)C(C)(C)C)nc(I)n1C(c1ccccc1)(c1ccccc1)c1ccccc1. The van der Waals surface area contributed by atoms with Crippen molar-refractivity contribution in [2.45, 2.75) is 44.7 Å². The molecule has 0 radical (unpaired) electrons. The largest absolute Gasteiger partial charge is 0.407 e. The maximum absolute atomic E-state index is 7.30. The highest BCUT2D eigenvalue weighted by Crippen LogP contribution is 2.43. The molecule has 5 heteroatoms. The molecular weight excluding hydrogens is 691 g/mol. The number of imidazole rings is 1. The molecule has 0 amide bonds. The Balaban J connectivity index is 1.46.